The van der Waals surface area contributed by atoms with Crippen molar-refractivity contribution in [1.29, 1.82) is 0 Å². The van der Waals surface area contributed by atoms with Gasteiger partial charge in [-0.25, -0.2) is 0 Å². The summed E-state index contributed by atoms with van der Waals surface area (Å²) in [7, 11) is -0.765. The first-order valence-corrected chi connectivity index (χ1v) is 13.6. The molecule has 0 saturated heterocycles. The molecule has 0 amide bonds. The molecule has 3 rings (SSSR count). The second-order valence-corrected chi connectivity index (χ2v) is 12.3. The Morgan fingerprint density at radius 2 is 1.23 bits per heavy atom. The Hall–Kier alpha value is -2.50. The number of methoxy groups -OCH3 is 1. The van der Waals surface area contributed by atoms with Crippen LogP contribution in [0.25, 0.3) is 0 Å². The summed E-state index contributed by atoms with van der Waals surface area (Å²) >= 11 is 0. The molecule has 0 saturated carbocycles. The first kappa shape index (κ1) is 23.2. The molecule has 3 aromatic rings. The van der Waals surface area contributed by atoms with Crippen molar-refractivity contribution in [2.75, 3.05) is 13.7 Å². The molecule has 0 aromatic heterocycles. The number of aliphatic hydroxyl groups excluding tert-OH is 1. The second kappa shape index (κ2) is 10.2. The van der Waals surface area contributed by atoms with Gasteiger partial charge in [-0.1, -0.05) is 97.1 Å². The van der Waals surface area contributed by atoms with Crippen LogP contribution in [0.5, 0.6) is 0 Å². The Morgan fingerprint density at radius 3 is 1.55 bits per heavy atom. The van der Waals surface area contributed by atoms with E-state index in [0.717, 1.165) is 16.7 Å². The predicted octanol–water partition coefficient (Wildman–Crippen LogP) is 5.34. The van der Waals surface area contributed by atoms with E-state index in [1.165, 1.54) is 6.08 Å². The van der Waals surface area contributed by atoms with Gasteiger partial charge in [0.25, 0.3) is 0 Å². The molecule has 0 unspecified atom stereocenters. The highest BCUT2D eigenvalue weighted by molar-refractivity contribution is 6.73. The minimum atomic E-state index is -2.53. The van der Waals surface area contributed by atoms with Gasteiger partial charge in [-0.15, -0.1) is 6.58 Å². The van der Waals surface area contributed by atoms with Crippen molar-refractivity contribution in [2.24, 2.45) is 0 Å². The Morgan fingerprint density at radius 1 is 0.839 bits per heavy atom. The smallest absolute Gasteiger partial charge is 0.216 e. The van der Waals surface area contributed by atoms with E-state index in [1.807, 2.05) is 18.2 Å². The van der Waals surface area contributed by atoms with E-state index >= 15 is 0 Å². The fourth-order valence-corrected chi connectivity index (χ4v) is 7.35. The third kappa shape index (κ3) is 4.73. The van der Waals surface area contributed by atoms with Crippen molar-refractivity contribution < 1.29 is 14.3 Å². The molecule has 0 spiro atoms. The van der Waals surface area contributed by atoms with E-state index in [-0.39, 0.29) is 12.3 Å². The van der Waals surface area contributed by atoms with Gasteiger partial charge >= 0.3 is 0 Å². The normalized spacial score (nSPS) is 14.1. The van der Waals surface area contributed by atoms with Gasteiger partial charge in [-0.05, 0) is 29.8 Å². The molecule has 31 heavy (non-hydrogen) atoms. The van der Waals surface area contributed by atoms with Crippen molar-refractivity contribution >= 4 is 8.32 Å². The van der Waals surface area contributed by atoms with E-state index in [0.29, 0.717) is 0 Å². The molecule has 0 heterocycles. The topological polar surface area (TPSA) is 38.7 Å². The number of ether oxygens (including phenoxy) is 1. The van der Waals surface area contributed by atoms with Gasteiger partial charge in [0, 0.05) is 7.11 Å². The van der Waals surface area contributed by atoms with Crippen LogP contribution in [0.15, 0.2) is 104 Å². The van der Waals surface area contributed by atoms with E-state index in [2.05, 4.69) is 92.5 Å². The first-order valence-electron chi connectivity index (χ1n) is 10.6. The predicted molar refractivity (Wildman–Crippen MR) is 130 cm³/mol. The summed E-state index contributed by atoms with van der Waals surface area (Å²) in [5.41, 5.74) is 2.60. The third-order valence-electron chi connectivity index (χ3n) is 5.85. The minimum Gasteiger partial charge on any atom is -0.412 e. The van der Waals surface area contributed by atoms with Gasteiger partial charge < -0.3 is 14.3 Å². The molecule has 0 fully saturated rings. The maximum atomic E-state index is 10.1. The van der Waals surface area contributed by atoms with Gasteiger partial charge in [0.15, 0.2) is 0 Å². The second-order valence-electron chi connectivity index (χ2n) is 8.24. The molecule has 0 bridgehead atoms. The molecule has 0 radical (unpaired) electrons. The monoisotopic (exact) mass is 432 g/mol. The van der Waals surface area contributed by atoms with Crippen LogP contribution in [-0.4, -0.2) is 39.0 Å². The minimum absolute atomic E-state index is 0.205. The Bertz CT molecular complexity index is 845. The van der Waals surface area contributed by atoms with Crippen molar-refractivity contribution in [3.05, 3.63) is 120 Å². The zero-order valence-corrected chi connectivity index (χ0v) is 19.6. The van der Waals surface area contributed by atoms with Gasteiger partial charge in [-0.3, -0.25) is 0 Å². The molecule has 0 aliphatic heterocycles. The quantitative estimate of drug-likeness (QED) is 0.267. The van der Waals surface area contributed by atoms with Gasteiger partial charge in [-0.2, -0.15) is 0 Å². The molecular formula is C27H32O3Si. The fraction of sp³-hybridized carbons (Fsp3) is 0.259. The van der Waals surface area contributed by atoms with E-state index in [9.17, 15) is 5.11 Å². The van der Waals surface area contributed by atoms with Gasteiger partial charge in [0.1, 0.15) is 0 Å². The maximum absolute atomic E-state index is 10.1. The fourth-order valence-electron chi connectivity index (χ4n) is 4.48. The van der Waals surface area contributed by atoms with Crippen LogP contribution < -0.4 is 0 Å². The first-order chi connectivity index (χ1) is 15.0. The van der Waals surface area contributed by atoms with E-state index in [1.54, 1.807) is 7.11 Å². The summed E-state index contributed by atoms with van der Waals surface area (Å²) in [4.78, 5) is 0. The number of aliphatic hydroxyl groups is 1. The van der Waals surface area contributed by atoms with Crippen LogP contribution in [0.2, 0.25) is 13.1 Å². The number of hydrogen-bond acceptors (Lipinski definition) is 3. The summed E-state index contributed by atoms with van der Waals surface area (Å²) < 4.78 is 12.7. The van der Waals surface area contributed by atoms with Crippen LogP contribution in [-0.2, 0) is 14.6 Å². The van der Waals surface area contributed by atoms with Crippen molar-refractivity contribution in [1.82, 2.24) is 0 Å². The summed E-state index contributed by atoms with van der Waals surface area (Å²) in [5.74, 6) is 0. The summed E-state index contributed by atoms with van der Waals surface area (Å²) in [5, 5.41) is 10.1. The lowest BCUT2D eigenvalue weighted by atomic mass is 9.69. The maximum Gasteiger partial charge on any atom is 0.216 e. The third-order valence-corrected chi connectivity index (χ3v) is 8.69. The summed E-state index contributed by atoms with van der Waals surface area (Å²) in [6.07, 6.45) is 0.800. The van der Waals surface area contributed by atoms with Crippen LogP contribution in [0.4, 0.5) is 0 Å². The molecule has 4 heteroatoms. The molecule has 2 atom stereocenters. The average Bonchev–Trinajstić information content (AvgIpc) is 2.82. The zero-order valence-electron chi connectivity index (χ0n) is 18.6. The molecule has 3 nitrogen and oxygen atoms in total. The van der Waals surface area contributed by atoms with E-state index < -0.39 is 19.8 Å². The SMILES string of the molecule is C=C[C@H](O)CO[Si](C)(C)[C@@H](OC)C(c1ccccc1)(c1ccccc1)c1ccccc1. The van der Waals surface area contributed by atoms with Crippen LogP contribution in [0, 0.1) is 0 Å². The van der Waals surface area contributed by atoms with Crippen molar-refractivity contribution in [3.8, 4) is 0 Å². The molecule has 0 aliphatic rings. The van der Waals surface area contributed by atoms with E-state index in [4.69, 9.17) is 9.16 Å². The van der Waals surface area contributed by atoms with Crippen molar-refractivity contribution in [2.45, 2.75) is 30.3 Å². The molecular weight excluding hydrogens is 400 g/mol. The highest BCUT2D eigenvalue weighted by Gasteiger charge is 2.53. The highest BCUT2D eigenvalue weighted by Crippen LogP contribution is 2.46. The van der Waals surface area contributed by atoms with Crippen LogP contribution in [0.1, 0.15) is 16.7 Å². The van der Waals surface area contributed by atoms with Gasteiger partial charge in [0.2, 0.25) is 8.32 Å². The Labute approximate surface area is 187 Å². The zero-order chi connectivity index (χ0) is 22.3. The molecule has 162 valence electrons. The lowest BCUT2D eigenvalue weighted by Gasteiger charge is -2.47. The summed E-state index contributed by atoms with van der Waals surface area (Å²) in [6, 6.07) is 31.5. The number of benzene rings is 3. The summed E-state index contributed by atoms with van der Waals surface area (Å²) in [6.45, 7) is 8.18. The lowest BCUT2D eigenvalue weighted by Crippen LogP contribution is -2.59. The van der Waals surface area contributed by atoms with Crippen molar-refractivity contribution in [3.63, 3.8) is 0 Å². The molecule has 1 N–H and O–H groups in total. The lowest BCUT2D eigenvalue weighted by molar-refractivity contribution is 0.0792. The largest absolute Gasteiger partial charge is 0.412 e. The van der Waals surface area contributed by atoms with Gasteiger partial charge in [0.05, 0.1) is 23.9 Å². The Kier molecular flexibility index (Phi) is 7.63. The number of rotatable bonds is 10. The average molecular weight is 433 g/mol. The molecule has 3 aromatic carbocycles. The molecule has 0 aliphatic carbocycles. The highest BCUT2D eigenvalue weighted by atomic mass is 28.4. The number of hydrogen-bond donors (Lipinski definition) is 1. The van der Waals surface area contributed by atoms with Crippen LogP contribution in [0.3, 0.4) is 0 Å². The van der Waals surface area contributed by atoms with Crippen LogP contribution >= 0.6 is 0 Å². The standard InChI is InChI=1S/C27H32O3Si/c1-5-25(28)21-30-31(3,4)26(29-2)27(22-15-9-6-10-16-22,23-17-11-7-12-18-23)24-19-13-8-14-20-24/h5-20,25-26,28H,1,21H2,2-4H3/t25-,26+/m0/s1. The Balaban J connectivity index is 2.29.